The molecule has 0 spiro atoms. The summed E-state index contributed by atoms with van der Waals surface area (Å²) in [5.41, 5.74) is 6.65. The predicted octanol–water partition coefficient (Wildman–Crippen LogP) is 3.28. The fourth-order valence-electron chi connectivity index (χ4n) is 2.07. The first kappa shape index (κ1) is 10.2. The van der Waals surface area contributed by atoms with Crippen molar-refractivity contribution in [3.63, 3.8) is 0 Å². The van der Waals surface area contributed by atoms with Crippen LogP contribution in [0.15, 0.2) is 12.1 Å². The number of aryl methyl sites for hydroxylation is 1. The van der Waals surface area contributed by atoms with E-state index in [0.717, 1.165) is 6.42 Å². The molecule has 0 aromatic carbocycles. The zero-order valence-corrected chi connectivity index (χ0v) is 10.1. The first-order chi connectivity index (χ1) is 6.49. The fraction of sp³-hybridized carbons (Fsp3) is 0.667. The van der Waals surface area contributed by atoms with Gasteiger partial charge in [-0.05, 0) is 30.4 Å². The standard InChI is InChI=1S/C12H19NS/c1-4-5-9-6-7-10(14-9)12(13)8-11(12,2)3/h6-7H,4-5,8,13H2,1-3H3. The molecule has 78 valence electrons. The summed E-state index contributed by atoms with van der Waals surface area (Å²) in [6.45, 7) is 6.73. The Morgan fingerprint density at radius 1 is 1.43 bits per heavy atom. The molecule has 0 radical (unpaired) electrons. The summed E-state index contributed by atoms with van der Waals surface area (Å²) >= 11 is 1.90. The molecule has 14 heavy (non-hydrogen) atoms. The topological polar surface area (TPSA) is 26.0 Å². The second-order valence-corrected chi connectivity index (χ2v) is 6.22. The second-order valence-electron chi connectivity index (χ2n) is 5.05. The van der Waals surface area contributed by atoms with Crippen molar-refractivity contribution in [1.29, 1.82) is 0 Å². The zero-order chi connectivity index (χ0) is 10.4. The van der Waals surface area contributed by atoms with Crippen LogP contribution in [0, 0.1) is 5.41 Å². The van der Waals surface area contributed by atoms with Gasteiger partial charge < -0.3 is 5.73 Å². The molecule has 0 saturated heterocycles. The van der Waals surface area contributed by atoms with Crippen LogP contribution in [0.25, 0.3) is 0 Å². The van der Waals surface area contributed by atoms with Gasteiger partial charge in [0, 0.05) is 9.75 Å². The Labute approximate surface area is 90.3 Å². The van der Waals surface area contributed by atoms with Crippen LogP contribution >= 0.6 is 11.3 Å². The molecule has 1 aromatic rings. The van der Waals surface area contributed by atoms with Crippen molar-refractivity contribution in [2.75, 3.05) is 0 Å². The van der Waals surface area contributed by atoms with Crippen molar-refractivity contribution < 1.29 is 0 Å². The summed E-state index contributed by atoms with van der Waals surface area (Å²) in [5.74, 6) is 0. The quantitative estimate of drug-likeness (QED) is 0.812. The molecule has 1 aliphatic carbocycles. The van der Waals surface area contributed by atoms with Crippen LogP contribution < -0.4 is 5.73 Å². The highest BCUT2D eigenvalue weighted by Gasteiger charge is 2.60. The van der Waals surface area contributed by atoms with Gasteiger partial charge in [-0.25, -0.2) is 0 Å². The third kappa shape index (κ3) is 1.41. The Hall–Kier alpha value is -0.340. The molecule has 0 amide bonds. The molecule has 0 bridgehead atoms. The van der Waals surface area contributed by atoms with Gasteiger partial charge in [0.15, 0.2) is 0 Å². The van der Waals surface area contributed by atoms with Crippen LogP contribution in [-0.4, -0.2) is 0 Å². The summed E-state index contributed by atoms with van der Waals surface area (Å²) in [6.07, 6.45) is 3.55. The Morgan fingerprint density at radius 2 is 2.07 bits per heavy atom. The van der Waals surface area contributed by atoms with Crippen LogP contribution in [0.5, 0.6) is 0 Å². The van der Waals surface area contributed by atoms with Gasteiger partial charge in [0.25, 0.3) is 0 Å². The largest absolute Gasteiger partial charge is 0.320 e. The molecule has 2 heteroatoms. The highest BCUT2D eigenvalue weighted by atomic mass is 32.1. The van der Waals surface area contributed by atoms with E-state index < -0.39 is 0 Å². The van der Waals surface area contributed by atoms with Crippen molar-refractivity contribution in [2.24, 2.45) is 11.1 Å². The maximum atomic E-state index is 6.37. The smallest absolute Gasteiger partial charge is 0.0562 e. The second kappa shape index (κ2) is 3.07. The summed E-state index contributed by atoms with van der Waals surface area (Å²) in [6, 6.07) is 4.47. The van der Waals surface area contributed by atoms with Crippen LogP contribution in [-0.2, 0) is 12.0 Å². The van der Waals surface area contributed by atoms with E-state index in [0.29, 0.717) is 5.41 Å². The Bertz CT molecular complexity index is 340. The minimum atomic E-state index is -0.0241. The average Bonchev–Trinajstić information content (AvgIpc) is 2.51. The molecule has 2 rings (SSSR count). The Morgan fingerprint density at radius 3 is 2.57 bits per heavy atom. The Kier molecular flexibility index (Phi) is 2.24. The van der Waals surface area contributed by atoms with Gasteiger partial charge in [0.05, 0.1) is 5.54 Å². The van der Waals surface area contributed by atoms with E-state index in [2.05, 4.69) is 32.9 Å². The number of nitrogens with two attached hydrogens (primary N) is 1. The lowest BCUT2D eigenvalue weighted by molar-refractivity contribution is 0.516. The van der Waals surface area contributed by atoms with Crippen molar-refractivity contribution in [3.05, 3.63) is 21.9 Å². The molecule has 1 heterocycles. The van der Waals surface area contributed by atoms with Crippen molar-refractivity contribution in [3.8, 4) is 0 Å². The third-order valence-electron chi connectivity index (χ3n) is 3.40. The molecule has 1 unspecified atom stereocenters. The first-order valence-corrected chi connectivity index (χ1v) is 6.19. The lowest BCUT2D eigenvalue weighted by Gasteiger charge is -2.12. The predicted molar refractivity (Wildman–Crippen MR) is 62.6 cm³/mol. The molecule has 0 aliphatic heterocycles. The average molecular weight is 209 g/mol. The van der Waals surface area contributed by atoms with Gasteiger partial charge in [-0.3, -0.25) is 0 Å². The van der Waals surface area contributed by atoms with Crippen LogP contribution in [0.1, 0.15) is 43.4 Å². The minimum absolute atomic E-state index is 0.0241. The highest BCUT2D eigenvalue weighted by Crippen LogP contribution is 2.61. The molecule has 1 fully saturated rings. The van der Waals surface area contributed by atoms with E-state index in [1.807, 2.05) is 11.3 Å². The summed E-state index contributed by atoms with van der Waals surface area (Å²) in [7, 11) is 0. The van der Waals surface area contributed by atoms with E-state index in [4.69, 9.17) is 5.73 Å². The van der Waals surface area contributed by atoms with Crippen molar-refractivity contribution in [1.82, 2.24) is 0 Å². The van der Waals surface area contributed by atoms with E-state index in [1.165, 1.54) is 22.6 Å². The van der Waals surface area contributed by atoms with Crippen LogP contribution in [0.2, 0.25) is 0 Å². The summed E-state index contributed by atoms with van der Waals surface area (Å²) < 4.78 is 0. The van der Waals surface area contributed by atoms with Gasteiger partial charge >= 0.3 is 0 Å². The number of rotatable bonds is 3. The monoisotopic (exact) mass is 209 g/mol. The van der Waals surface area contributed by atoms with Crippen LogP contribution in [0.4, 0.5) is 0 Å². The normalized spacial score (nSPS) is 29.1. The maximum Gasteiger partial charge on any atom is 0.0562 e. The molecule has 1 aromatic heterocycles. The first-order valence-electron chi connectivity index (χ1n) is 5.38. The van der Waals surface area contributed by atoms with Crippen molar-refractivity contribution >= 4 is 11.3 Å². The highest BCUT2D eigenvalue weighted by molar-refractivity contribution is 7.12. The summed E-state index contributed by atoms with van der Waals surface area (Å²) in [5, 5.41) is 0. The van der Waals surface area contributed by atoms with Gasteiger partial charge in [-0.1, -0.05) is 27.2 Å². The fourth-order valence-corrected chi connectivity index (χ4v) is 3.46. The van der Waals surface area contributed by atoms with E-state index in [9.17, 15) is 0 Å². The lowest BCUT2D eigenvalue weighted by atomic mass is 10.0. The van der Waals surface area contributed by atoms with Gasteiger partial charge in [0.2, 0.25) is 0 Å². The van der Waals surface area contributed by atoms with Crippen molar-refractivity contribution in [2.45, 2.75) is 45.6 Å². The third-order valence-corrected chi connectivity index (χ3v) is 4.72. The molecule has 1 saturated carbocycles. The Balaban J connectivity index is 2.19. The van der Waals surface area contributed by atoms with E-state index in [-0.39, 0.29) is 5.54 Å². The zero-order valence-electron chi connectivity index (χ0n) is 9.26. The molecular formula is C12H19NS. The number of hydrogen-bond acceptors (Lipinski definition) is 2. The number of thiophene rings is 1. The molecule has 1 nitrogen and oxygen atoms in total. The van der Waals surface area contributed by atoms with E-state index in [1.54, 1.807) is 0 Å². The summed E-state index contributed by atoms with van der Waals surface area (Å²) in [4.78, 5) is 2.86. The van der Waals surface area contributed by atoms with Crippen LogP contribution in [0.3, 0.4) is 0 Å². The van der Waals surface area contributed by atoms with E-state index >= 15 is 0 Å². The SMILES string of the molecule is CCCc1ccc(C2(N)CC2(C)C)s1. The van der Waals surface area contributed by atoms with Gasteiger partial charge in [0.1, 0.15) is 0 Å². The van der Waals surface area contributed by atoms with Gasteiger partial charge in [-0.2, -0.15) is 0 Å². The lowest BCUT2D eigenvalue weighted by Crippen LogP contribution is -2.23. The maximum absolute atomic E-state index is 6.37. The molecule has 1 aliphatic rings. The minimum Gasteiger partial charge on any atom is -0.320 e. The molecule has 1 atom stereocenters. The number of hydrogen-bond donors (Lipinski definition) is 1. The molecule has 2 N–H and O–H groups in total. The molecular weight excluding hydrogens is 190 g/mol. The van der Waals surface area contributed by atoms with Gasteiger partial charge in [-0.15, -0.1) is 11.3 Å².